The Kier molecular flexibility index (Phi) is 7.82. The molecule has 1 fully saturated rings. The number of nitrogens with two attached hydrogens (primary N) is 1. The largest absolute Gasteiger partial charge is 0.494 e. The van der Waals surface area contributed by atoms with Crippen molar-refractivity contribution in [2.75, 3.05) is 26.0 Å². The number of nitrogens with zero attached hydrogens (tertiary/aromatic N) is 1. The maximum absolute atomic E-state index is 12.6. The van der Waals surface area contributed by atoms with Crippen molar-refractivity contribution >= 4 is 21.8 Å². The molecule has 2 rings (SSSR count). The third-order valence-electron chi connectivity index (χ3n) is 4.82. The quantitative estimate of drug-likeness (QED) is 0.619. The molecule has 0 aliphatic carbocycles. The fourth-order valence-corrected chi connectivity index (χ4v) is 4.48. The summed E-state index contributed by atoms with van der Waals surface area (Å²) in [7, 11) is -3.46. The molecule has 0 radical (unpaired) electrons. The lowest BCUT2D eigenvalue weighted by atomic mass is 9.98. The molecule has 1 aromatic carbocycles. The highest BCUT2D eigenvalue weighted by Gasteiger charge is 2.34. The van der Waals surface area contributed by atoms with Crippen molar-refractivity contribution in [3.8, 4) is 5.75 Å². The van der Waals surface area contributed by atoms with Crippen molar-refractivity contribution in [3.63, 3.8) is 0 Å². The van der Waals surface area contributed by atoms with Crippen molar-refractivity contribution in [3.05, 3.63) is 29.8 Å². The summed E-state index contributed by atoms with van der Waals surface area (Å²) in [6.07, 6.45) is 3.48. The van der Waals surface area contributed by atoms with E-state index in [9.17, 15) is 18.0 Å². The number of primary amides is 1. The average molecular weight is 412 g/mol. The third kappa shape index (κ3) is 6.20. The highest BCUT2D eigenvalue weighted by molar-refractivity contribution is 7.88. The van der Waals surface area contributed by atoms with Crippen LogP contribution in [0.25, 0.3) is 0 Å². The van der Waals surface area contributed by atoms with Gasteiger partial charge in [0, 0.05) is 13.1 Å². The molecule has 1 aliphatic heterocycles. The maximum Gasteiger partial charge on any atom is 0.238 e. The van der Waals surface area contributed by atoms with Gasteiger partial charge in [0.1, 0.15) is 11.8 Å². The summed E-state index contributed by atoms with van der Waals surface area (Å²) in [6.45, 7) is 2.87. The minimum atomic E-state index is -3.46. The summed E-state index contributed by atoms with van der Waals surface area (Å²) in [5.74, 6) is -0.744. The summed E-state index contributed by atoms with van der Waals surface area (Å²) in [4.78, 5) is 24.4. The Morgan fingerprint density at radius 1 is 1.29 bits per heavy atom. The average Bonchev–Trinajstić information content (AvgIpc) is 2.65. The fraction of sp³-hybridized carbons (Fsp3) is 0.579. The van der Waals surface area contributed by atoms with E-state index in [4.69, 9.17) is 10.5 Å². The van der Waals surface area contributed by atoms with Crippen LogP contribution in [0.3, 0.4) is 0 Å². The van der Waals surface area contributed by atoms with Crippen molar-refractivity contribution in [2.45, 2.75) is 38.6 Å². The second-order valence-electron chi connectivity index (χ2n) is 7.01. The zero-order valence-electron chi connectivity index (χ0n) is 16.4. The standard InChI is InChI=1S/C19H29N3O5S/c1-3-27-16-9-7-14(8-10-16)12-15(18(20)23)13-21-19(24)17-6-4-5-11-22(17)28(2,25)26/h7-10,15,17H,3-6,11-13H2,1-2H3,(H2,20,23)(H,21,24)/t15-,17+/m1/s1. The van der Waals surface area contributed by atoms with Crippen LogP contribution in [-0.2, 0) is 26.0 Å². The molecule has 0 bridgehead atoms. The van der Waals surface area contributed by atoms with Gasteiger partial charge >= 0.3 is 0 Å². The topological polar surface area (TPSA) is 119 Å². The first-order valence-electron chi connectivity index (χ1n) is 9.48. The van der Waals surface area contributed by atoms with Crippen LogP contribution in [0.4, 0.5) is 0 Å². The molecule has 1 heterocycles. The van der Waals surface area contributed by atoms with Gasteiger partial charge in [0.25, 0.3) is 0 Å². The molecule has 9 heteroatoms. The van der Waals surface area contributed by atoms with Gasteiger partial charge in [-0.15, -0.1) is 0 Å². The Bertz CT molecular complexity index is 779. The molecule has 0 saturated carbocycles. The molecule has 8 nitrogen and oxygen atoms in total. The molecular formula is C19H29N3O5S. The van der Waals surface area contributed by atoms with E-state index >= 15 is 0 Å². The number of hydrogen-bond acceptors (Lipinski definition) is 5. The number of ether oxygens (including phenoxy) is 1. The van der Waals surface area contributed by atoms with Gasteiger partial charge < -0.3 is 15.8 Å². The molecule has 1 saturated heterocycles. The van der Waals surface area contributed by atoms with Gasteiger partial charge in [0.05, 0.1) is 18.8 Å². The van der Waals surface area contributed by atoms with Crippen LogP contribution < -0.4 is 15.8 Å². The fourth-order valence-electron chi connectivity index (χ4n) is 3.35. The number of carbonyl (C=O) groups excluding carboxylic acids is 2. The summed E-state index contributed by atoms with van der Waals surface area (Å²) < 4.78 is 30.5. The van der Waals surface area contributed by atoms with E-state index in [0.29, 0.717) is 26.0 Å². The van der Waals surface area contributed by atoms with E-state index < -0.39 is 27.9 Å². The minimum Gasteiger partial charge on any atom is -0.494 e. The monoisotopic (exact) mass is 411 g/mol. The highest BCUT2D eigenvalue weighted by atomic mass is 32.2. The number of piperidine rings is 1. The van der Waals surface area contributed by atoms with E-state index in [0.717, 1.165) is 30.4 Å². The first kappa shape index (κ1) is 22.2. The van der Waals surface area contributed by atoms with Crippen LogP contribution in [0.1, 0.15) is 31.7 Å². The number of rotatable bonds is 9. The van der Waals surface area contributed by atoms with Crippen LogP contribution >= 0.6 is 0 Å². The predicted molar refractivity (Wildman–Crippen MR) is 106 cm³/mol. The Morgan fingerprint density at radius 2 is 1.96 bits per heavy atom. The molecule has 1 aliphatic rings. The summed E-state index contributed by atoms with van der Waals surface area (Å²) >= 11 is 0. The van der Waals surface area contributed by atoms with E-state index in [2.05, 4.69) is 5.32 Å². The number of amides is 2. The number of benzene rings is 1. The molecule has 3 N–H and O–H groups in total. The van der Waals surface area contributed by atoms with E-state index in [-0.39, 0.29) is 12.5 Å². The lowest BCUT2D eigenvalue weighted by molar-refractivity contribution is -0.126. The number of carbonyl (C=O) groups is 2. The van der Waals surface area contributed by atoms with Gasteiger partial charge in [-0.25, -0.2) is 8.42 Å². The predicted octanol–water partition coefficient (Wildman–Crippen LogP) is 0.660. The molecular weight excluding hydrogens is 382 g/mol. The van der Waals surface area contributed by atoms with Crippen molar-refractivity contribution in [2.24, 2.45) is 11.7 Å². The zero-order valence-corrected chi connectivity index (χ0v) is 17.2. The first-order chi connectivity index (χ1) is 13.2. The lowest BCUT2D eigenvalue weighted by Crippen LogP contribution is -2.52. The summed E-state index contributed by atoms with van der Waals surface area (Å²) in [5, 5.41) is 2.72. The minimum absolute atomic E-state index is 0.0650. The summed E-state index contributed by atoms with van der Waals surface area (Å²) in [5.41, 5.74) is 6.40. The number of hydrogen-bond donors (Lipinski definition) is 2. The van der Waals surface area contributed by atoms with Gasteiger partial charge in [-0.05, 0) is 43.9 Å². The first-order valence-corrected chi connectivity index (χ1v) is 11.3. The SMILES string of the molecule is CCOc1ccc(C[C@H](CNC(=O)[C@@H]2CCCCN2S(C)(=O)=O)C(N)=O)cc1. The Hall–Kier alpha value is -2.13. The Labute approximate surface area is 166 Å². The molecule has 0 unspecified atom stereocenters. The third-order valence-corrected chi connectivity index (χ3v) is 6.11. The normalized spacial score (nSPS) is 19.0. The molecule has 1 aromatic rings. The molecule has 0 spiro atoms. The van der Waals surface area contributed by atoms with Gasteiger partial charge in [-0.3, -0.25) is 9.59 Å². The van der Waals surface area contributed by atoms with E-state index in [1.165, 1.54) is 4.31 Å². The van der Waals surface area contributed by atoms with Crippen molar-refractivity contribution in [1.82, 2.24) is 9.62 Å². The van der Waals surface area contributed by atoms with Gasteiger partial charge in [0.2, 0.25) is 21.8 Å². The second kappa shape index (κ2) is 9.88. The van der Waals surface area contributed by atoms with E-state index in [1.807, 2.05) is 31.2 Å². The molecule has 28 heavy (non-hydrogen) atoms. The molecule has 0 aromatic heterocycles. The molecule has 2 amide bonds. The second-order valence-corrected chi connectivity index (χ2v) is 8.95. The van der Waals surface area contributed by atoms with Crippen LogP contribution in [0.5, 0.6) is 5.75 Å². The van der Waals surface area contributed by atoms with Crippen LogP contribution in [0, 0.1) is 5.92 Å². The Balaban J connectivity index is 1.98. The van der Waals surface area contributed by atoms with Crippen LogP contribution in [-0.4, -0.2) is 56.5 Å². The van der Waals surface area contributed by atoms with Crippen LogP contribution in [0.15, 0.2) is 24.3 Å². The van der Waals surface area contributed by atoms with Gasteiger partial charge in [0.15, 0.2) is 0 Å². The maximum atomic E-state index is 12.6. The zero-order chi connectivity index (χ0) is 20.7. The lowest BCUT2D eigenvalue weighted by Gasteiger charge is -2.32. The molecule has 156 valence electrons. The van der Waals surface area contributed by atoms with E-state index in [1.54, 1.807) is 0 Å². The summed E-state index contributed by atoms with van der Waals surface area (Å²) in [6, 6.07) is 6.62. The highest BCUT2D eigenvalue weighted by Crippen LogP contribution is 2.20. The van der Waals surface area contributed by atoms with Gasteiger partial charge in [-0.1, -0.05) is 18.6 Å². The number of nitrogens with one attached hydrogen (secondary N) is 1. The molecule has 2 atom stereocenters. The smallest absolute Gasteiger partial charge is 0.238 e. The van der Waals surface area contributed by atoms with Crippen molar-refractivity contribution < 1.29 is 22.7 Å². The van der Waals surface area contributed by atoms with Crippen LogP contribution in [0.2, 0.25) is 0 Å². The number of sulfonamides is 1. The van der Waals surface area contributed by atoms with Gasteiger partial charge in [-0.2, -0.15) is 4.31 Å². The van der Waals surface area contributed by atoms with Crippen molar-refractivity contribution in [1.29, 1.82) is 0 Å². The Morgan fingerprint density at radius 3 is 2.54 bits per heavy atom.